The van der Waals surface area contributed by atoms with E-state index in [1.807, 2.05) is 26.0 Å². The van der Waals surface area contributed by atoms with Crippen molar-refractivity contribution in [3.05, 3.63) is 82.4 Å². The number of carbonyl (C=O) groups excluding carboxylic acids is 2. The zero-order chi connectivity index (χ0) is 27.1. The van der Waals surface area contributed by atoms with Crippen LogP contribution in [0.15, 0.2) is 60.2 Å². The summed E-state index contributed by atoms with van der Waals surface area (Å²) in [5.74, 6) is -0.392. The molecule has 194 valence electrons. The summed E-state index contributed by atoms with van der Waals surface area (Å²) < 4.78 is 17.2. The number of rotatable bonds is 6. The van der Waals surface area contributed by atoms with E-state index in [1.165, 1.54) is 37.6 Å². The van der Waals surface area contributed by atoms with E-state index in [0.29, 0.717) is 33.5 Å². The number of aryl methyl sites for hydroxylation is 2. The maximum atomic E-state index is 13.6. The Morgan fingerprint density at radius 2 is 1.61 bits per heavy atom. The van der Waals surface area contributed by atoms with Gasteiger partial charge in [0.25, 0.3) is 5.78 Å². The molecule has 8 nitrogen and oxygen atoms in total. The first-order valence-corrected chi connectivity index (χ1v) is 12.6. The second-order valence-corrected chi connectivity index (χ2v) is 9.94. The number of hydrogen-bond donors (Lipinski definition) is 1. The monoisotopic (exact) mass is 530 g/mol. The van der Waals surface area contributed by atoms with Crippen molar-refractivity contribution in [2.24, 2.45) is 0 Å². The minimum Gasteiger partial charge on any atom is -0.507 e. The van der Waals surface area contributed by atoms with E-state index in [9.17, 15) is 14.7 Å². The number of hydrogen-bond acceptors (Lipinski definition) is 8. The molecule has 1 amide bonds. The molecule has 0 saturated carbocycles. The van der Waals surface area contributed by atoms with Crippen molar-refractivity contribution < 1.29 is 28.9 Å². The number of anilines is 1. The average Bonchev–Trinajstić information content (AvgIpc) is 3.46. The van der Waals surface area contributed by atoms with Crippen molar-refractivity contribution in [3.8, 4) is 17.2 Å². The van der Waals surface area contributed by atoms with Crippen LogP contribution < -0.4 is 19.1 Å². The highest BCUT2D eigenvalue weighted by Gasteiger charge is 2.49. The summed E-state index contributed by atoms with van der Waals surface area (Å²) in [6, 6.07) is 14.7. The molecule has 0 radical (unpaired) electrons. The number of Topliss-reactive ketones (excluding diaryl/α,β-unsaturated/α-hetero) is 1. The molecule has 1 aliphatic rings. The zero-order valence-corrected chi connectivity index (χ0v) is 22.4. The van der Waals surface area contributed by atoms with E-state index in [0.717, 1.165) is 21.3 Å². The Bertz CT molecular complexity index is 1610. The number of fused-ring (bicyclic) bond motifs is 1. The smallest absolute Gasteiger partial charge is 0.301 e. The van der Waals surface area contributed by atoms with Gasteiger partial charge in [0.05, 0.1) is 37.1 Å². The number of nitrogens with zero attached hydrogens (tertiary/aromatic N) is 2. The maximum Gasteiger partial charge on any atom is 0.301 e. The van der Waals surface area contributed by atoms with Gasteiger partial charge in [-0.1, -0.05) is 17.4 Å². The highest BCUT2D eigenvalue weighted by Crippen LogP contribution is 2.47. The largest absolute Gasteiger partial charge is 0.507 e. The van der Waals surface area contributed by atoms with Crippen LogP contribution in [0, 0.1) is 13.8 Å². The Labute approximate surface area is 223 Å². The van der Waals surface area contributed by atoms with Gasteiger partial charge in [-0.05, 0) is 73.5 Å². The number of benzene rings is 3. The third-order valence-electron chi connectivity index (χ3n) is 6.56. The first-order chi connectivity index (χ1) is 18.3. The van der Waals surface area contributed by atoms with Crippen molar-refractivity contribution in [1.82, 2.24) is 4.98 Å². The molecular formula is C29H26N2O6S. The van der Waals surface area contributed by atoms with Gasteiger partial charge in [0, 0.05) is 11.1 Å². The molecule has 1 atom stereocenters. The predicted octanol–water partition coefficient (Wildman–Crippen LogP) is 5.57. The standard InChI is InChI=1S/C29H26N2O6S/c1-15-12-16(2)24-22(13-15)38-29(30-24)31-25(20-14-19(36-4)10-11-21(20)37-5)23(27(33)28(31)34)26(32)17-6-8-18(35-3)9-7-17/h6-14,25,32H,1-5H3/b26-23+/t25-/m1/s1. The molecule has 5 rings (SSSR count). The number of aliphatic hydroxyl groups is 1. The van der Waals surface area contributed by atoms with E-state index in [2.05, 4.69) is 0 Å². The van der Waals surface area contributed by atoms with Crippen molar-refractivity contribution >= 4 is 44.1 Å². The van der Waals surface area contributed by atoms with Crippen LogP contribution in [0.5, 0.6) is 17.2 Å². The van der Waals surface area contributed by atoms with Crippen molar-refractivity contribution in [2.75, 3.05) is 26.2 Å². The Morgan fingerprint density at radius 1 is 0.921 bits per heavy atom. The van der Waals surface area contributed by atoms with E-state index in [-0.39, 0.29) is 11.3 Å². The first kappa shape index (κ1) is 25.3. The van der Waals surface area contributed by atoms with Gasteiger partial charge in [0.2, 0.25) is 0 Å². The topological polar surface area (TPSA) is 98.2 Å². The molecule has 9 heteroatoms. The fourth-order valence-corrected chi connectivity index (χ4v) is 5.91. The van der Waals surface area contributed by atoms with E-state index >= 15 is 0 Å². The number of ether oxygens (including phenoxy) is 3. The number of amides is 1. The summed E-state index contributed by atoms with van der Waals surface area (Å²) in [6.45, 7) is 3.95. The lowest BCUT2D eigenvalue weighted by molar-refractivity contribution is -0.132. The molecular weight excluding hydrogens is 504 g/mol. The van der Waals surface area contributed by atoms with E-state index in [4.69, 9.17) is 19.2 Å². The number of aliphatic hydroxyl groups excluding tert-OH is 1. The molecule has 1 fully saturated rings. The highest BCUT2D eigenvalue weighted by molar-refractivity contribution is 7.22. The Morgan fingerprint density at radius 3 is 2.26 bits per heavy atom. The van der Waals surface area contributed by atoms with Crippen LogP contribution in [0.3, 0.4) is 0 Å². The summed E-state index contributed by atoms with van der Waals surface area (Å²) in [5, 5.41) is 11.8. The molecule has 0 aliphatic carbocycles. The molecule has 1 N–H and O–H groups in total. The molecule has 38 heavy (non-hydrogen) atoms. The van der Waals surface area contributed by atoms with Crippen LogP contribution in [0.1, 0.15) is 28.3 Å². The van der Waals surface area contributed by atoms with Gasteiger partial charge in [-0.25, -0.2) is 4.98 Å². The third-order valence-corrected chi connectivity index (χ3v) is 7.57. The zero-order valence-electron chi connectivity index (χ0n) is 21.6. The number of thiazole rings is 1. The number of methoxy groups -OCH3 is 3. The number of carbonyl (C=O) groups is 2. The normalized spacial score (nSPS) is 16.8. The SMILES string of the molecule is COc1ccc(/C(O)=C2\C(=O)C(=O)N(c3nc4c(C)cc(C)cc4s3)[C@@H]2c2cc(OC)ccc2OC)cc1. The van der Waals surface area contributed by atoms with Gasteiger partial charge >= 0.3 is 5.91 Å². The van der Waals surface area contributed by atoms with Gasteiger partial charge in [0.1, 0.15) is 29.0 Å². The van der Waals surface area contributed by atoms with Gasteiger partial charge in [-0.3, -0.25) is 14.5 Å². The molecule has 3 aromatic carbocycles. The van der Waals surface area contributed by atoms with Crippen LogP contribution in [-0.4, -0.2) is 43.1 Å². The van der Waals surface area contributed by atoms with Crippen molar-refractivity contribution in [1.29, 1.82) is 0 Å². The summed E-state index contributed by atoms with van der Waals surface area (Å²) in [4.78, 5) is 33.3. The fraction of sp³-hybridized carbons (Fsp3) is 0.207. The van der Waals surface area contributed by atoms with E-state index < -0.39 is 17.7 Å². The Hall–Kier alpha value is -4.37. The summed E-state index contributed by atoms with van der Waals surface area (Å²) in [5.41, 5.74) is 3.56. The predicted molar refractivity (Wildman–Crippen MR) is 146 cm³/mol. The first-order valence-electron chi connectivity index (χ1n) is 11.8. The van der Waals surface area contributed by atoms with Crippen LogP contribution in [0.2, 0.25) is 0 Å². The summed E-state index contributed by atoms with van der Waals surface area (Å²) >= 11 is 1.31. The molecule has 4 aromatic rings. The number of aromatic nitrogens is 1. The molecule has 1 saturated heterocycles. The molecule has 1 aromatic heterocycles. The van der Waals surface area contributed by atoms with Gasteiger partial charge in [0.15, 0.2) is 5.13 Å². The van der Waals surface area contributed by atoms with Gasteiger partial charge in [-0.2, -0.15) is 0 Å². The molecule has 2 heterocycles. The van der Waals surface area contributed by atoms with Crippen LogP contribution >= 0.6 is 11.3 Å². The Kier molecular flexibility index (Phi) is 6.54. The quantitative estimate of drug-likeness (QED) is 0.198. The number of ketones is 1. The lowest BCUT2D eigenvalue weighted by Gasteiger charge is -2.25. The van der Waals surface area contributed by atoms with E-state index in [1.54, 1.807) is 42.5 Å². The second-order valence-electron chi connectivity index (χ2n) is 8.93. The van der Waals surface area contributed by atoms with Gasteiger partial charge < -0.3 is 19.3 Å². The minimum absolute atomic E-state index is 0.0705. The Balaban J connectivity index is 1.78. The average molecular weight is 531 g/mol. The summed E-state index contributed by atoms with van der Waals surface area (Å²) in [7, 11) is 4.57. The van der Waals surface area contributed by atoms with Crippen molar-refractivity contribution in [2.45, 2.75) is 19.9 Å². The minimum atomic E-state index is -1.01. The maximum absolute atomic E-state index is 13.6. The van der Waals surface area contributed by atoms with Gasteiger partial charge in [-0.15, -0.1) is 0 Å². The van der Waals surface area contributed by atoms with Crippen LogP contribution in [0.4, 0.5) is 5.13 Å². The molecule has 0 bridgehead atoms. The second kappa shape index (κ2) is 9.83. The molecule has 1 aliphatic heterocycles. The highest BCUT2D eigenvalue weighted by atomic mass is 32.1. The lowest BCUT2D eigenvalue weighted by Crippen LogP contribution is -2.29. The summed E-state index contributed by atoms with van der Waals surface area (Å²) in [6.07, 6.45) is 0. The fourth-order valence-electron chi connectivity index (χ4n) is 4.74. The van der Waals surface area contributed by atoms with Crippen molar-refractivity contribution in [3.63, 3.8) is 0 Å². The molecule has 0 unspecified atom stereocenters. The third kappa shape index (κ3) is 4.14. The van der Waals surface area contributed by atoms with Crippen LogP contribution in [-0.2, 0) is 9.59 Å². The molecule has 0 spiro atoms. The van der Waals surface area contributed by atoms with Crippen LogP contribution in [0.25, 0.3) is 16.0 Å². The lowest BCUT2D eigenvalue weighted by atomic mass is 9.94.